The molecule has 0 saturated heterocycles. The smallest absolute Gasteiger partial charge is 0.315 e. The van der Waals surface area contributed by atoms with Crippen LogP contribution in [0.15, 0.2) is 53.4 Å². The van der Waals surface area contributed by atoms with Crippen LogP contribution in [0.25, 0.3) is 0 Å². The average Bonchev–Trinajstić information content (AvgIpc) is 2.59. The van der Waals surface area contributed by atoms with Crippen molar-refractivity contribution in [2.24, 2.45) is 0 Å². The van der Waals surface area contributed by atoms with Gasteiger partial charge in [0.25, 0.3) is 0 Å². The molecule has 2 N–H and O–H groups in total. The molecule has 0 aliphatic carbocycles. The van der Waals surface area contributed by atoms with E-state index in [1.807, 2.05) is 48.5 Å². The first-order chi connectivity index (χ1) is 11.7. The monoisotopic (exact) mass is 364 g/mol. The van der Waals surface area contributed by atoms with E-state index in [0.717, 1.165) is 26.8 Å². The van der Waals surface area contributed by atoms with Gasteiger partial charge in [-0.1, -0.05) is 35.9 Å². The second kappa shape index (κ2) is 10.2. The molecule has 4 nitrogen and oxygen atoms in total. The van der Waals surface area contributed by atoms with Gasteiger partial charge in [-0.05, 0) is 35.4 Å². The molecule has 2 aromatic rings. The Balaban J connectivity index is 1.64. The van der Waals surface area contributed by atoms with Crippen molar-refractivity contribution in [2.45, 2.75) is 18.0 Å². The van der Waals surface area contributed by atoms with Crippen LogP contribution in [-0.2, 0) is 17.9 Å². The molecule has 0 bridgehead atoms. The van der Waals surface area contributed by atoms with E-state index in [1.165, 1.54) is 0 Å². The van der Waals surface area contributed by atoms with Crippen molar-refractivity contribution in [3.63, 3.8) is 0 Å². The van der Waals surface area contributed by atoms with E-state index < -0.39 is 0 Å². The zero-order chi connectivity index (χ0) is 17.2. The summed E-state index contributed by atoms with van der Waals surface area (Å²) in [6.07, 6.45) is 0. The summed E-state index contributed by atoms with van der Waals surface area (Å²) in [7, 11) is 1.67. The first-order valence-corrected chi connectivity index (χ1v) is 9.00. The lowest BCUT2D eigenvalue weighted by Crippen LogP contribution is -2.36. The third kappa shape index (κ3) is 6.83. The summed E-state index contributed by atoms with van der Waals surface area (Å²) in [5.41, 5.74) is 2.15. The lowest BCUT2D eigenvalue weighted by molar-refractivity contribution is 0.185. The van der Waals surface area contributed by atoms with Crippen molar-refractivity contribution in [3.05, 3.63) is 64.7 Å². The molecule has 0 atom stereocenters. The van der Waals surface area contributed by atoms with Crippen molar-refractivity contribution in [3.8, 4) is 0 Å². The predicted octanol–water partition coefficient (Wildman–Crippen LogP) is 4.08. The third-order valence-corrected chi connectivity index (χ3v) is 4.49. The highest BCUT2D eigenvalue weighted by atomic mass is 35.5. The fourth-order valence-electron chi connectivity index (χ4n) is 2.11. The van der Waals surface area contributed by atoms with Crippen LogP contribution in [-0.4, -0.2) is 25.4 Å². The van der Waals surface area contributed by atoms with Crippen LogP contribution in [0, 0.1) is 0 Å². The number of hydrogen-bond donors (Lipinski definition) is 2. The Bertz CT molecular complexity index is 650. The van der Waals surface area contributed by atoms with E-state index in [4.69, 9.17) is 16.3 Å². The van der Waals surface area contributed by atoms with Gasteiger partial charge in [-0.3, -0.25) is 0 Å². The standard InChI is InChI=1S/C18H21ClN2O2S/c1-23-13-15-4-2-3-14(11-15)12-21-18(22)20-9-10-24-17-7-5-16(19)6-8-17/h2-8,11H,9-10,12-13H2,1H3,(H2,20,21,22). The van der Waals surface area contributed by atoms with Crippen molar-refractivity contribution in [1.29, 1.82) is 0 Å². The molecule has 0 aliphatic heterocycles. The summed E-state index contributed by atoms with van der Waals surface area (Å²) < 4.78 is 5.11. The first-order valence-electron chi connectivity index (χ1n) is 7.64. The number of thioether (sulfide) groups is 1. The molecule has 6 heteroatoms. The molecule has 2 amide bonds. The average molecular weight is 365 g/mol. The second-order valence-electron chi connectivity index (χ2n) is 5.16. The Morgan fingerprint density at radius 3 is 2.62 bits per heavy atom. The third-order valence-electron chi connectivity index (χ3n) is 3.23. The molecule has 2 aromatic carbocycles. The van der Waals surface area contributed by atoms with Gasteiger partial charge in [-0.25, -0.2) is 4.79 Å². The van der Waals surface area contributed by atoms with Crippen molar-refractivity contribution in [1.82, 2.24) is 10.6 Å². The molecule has 0 aliphatic rings. The van der Waals surface area contributed by atoms with E-state index in [9.17, 15) is 4.79 Å². The van der Waals surface area contributed by atoms with E-state index in [2.05, 4.69) is 10.6 Å². The normalized spacial score (nSPS) is 10.4. The van der Waals surface area contributed by atoms with Crippen LogP contribution in [0.5, 0.6) is 0 Å². The van der Waals surface area contributed by atoms with Crippen LogP contribution < -0.4 is 10.6 Å². The number of rotatable bonds is 8. The highest BCUT2D eigenvalue weighted by molar-refractivity contribution is 7.99. The zero-order valence-electron chi connectivity index (χ0n) is 13.5. The number of methoxy groups -OCH3 is 1. The number of carbonyl (C=O) groups excluding carboxylic acids is 1. The molecule has 0 spiro atoms. The van der Waals surface area contributed by atoms with Crippen LogP contribution in [0.2, 0.25) is 5.02 Å². The number of amides is 2. The summed E-state index contributed by atoms with van der Waals surface area (Å²) >= 11 is 7.52. The maximum absolute atomic E-state index is 11.8. The Hall–Kier alpha value is -1.69. The minimum atomic E-state index is -0.163. The van der Waals surface area contributed by atoms with Gasteiger partial charge in [0.2, 0.25) is 0 Å². The number of carbonyl (C=O) groups is 1. The van der Waals surface area contributed by atoms with E-state index >= 15 is 0 Å². The van der Waals surface area contributed by atoms with Crippen LogP contribution in [0.4, 0.5) is 4.79 Å². The summed E-state index contributed by atoms with van der Waals surface area (Å²) in [6, 6.07) is 15.5. The fourth-order valence-corrected chi connectivity index (χ4v) is 3.00. The van der Waals surface area contributed by atoms with Crippen molar-refractivity contribution in [2.75, 3.05) is 19.4 Å². The Labute approximate surface area is 151 Å². The van der Waals surface area contributed by atoms with Crippen LogP contribution in [0.1, 0.15) is 11.1 Å². The number of halogens is 1. The number of benzene rings is 2. The Morgan fingerprint density at radius 1 is 1.12 bits per heavy atom. The zero-order valence-corrected chi connectivity index (χ0v) is 15.1. The molecule has 0 radical (unpaired) electrons. The molecule has 0 saturated carbocycles. The summed E-state index contributed by atoms with van der Waals surface area (Å²) in [6.45, 7) is 1.67. The quantitative estimate of drug-likeness (QED) is 0.548. The van der Waals surface area contributed by atoms with Gasteiger partial charge in [0.1, 0.15) is 0 Å². The van der Waals surface area contributed by atoms with E-state index in [0.29, 0.717) is 19.7 Å². The molecule has 0 fully saturated rings. The van der Waals surface area contributed by atoms with Gasteiger partial charge in [0.15, 0.2) is 0 Å². The maximum Gasteiger partial charge on any atom is 0.315 e. The second-order valence-corrected chi connectivity index (χ2v) is 6.77. The number of nitrogens with one attached hydrogen (secondary N) is 2. The molecular weight excluding hydrogens is 344 g/mol. The van der Waals surface area contributed by atoms with Crippen molar-refractivity contribution >= 4 is 29.4 Å². The van der Waals surface area contributed by atoms with Gasteiger partial charge < -0.3 is 15.4 Å². The fraction of sp³-hybridized carbons (Fsp3) is 0.278. The van der Waals surface area contributed by atoms with Crippen LogP contribution in [0.3, 0.4) is 0 Å². The van der Waals surface area contributed by atoms with Crippen molar-refractivity contribution < 1.29 is 9.53 Å². The summed E-state index contributed by atoms with van der Waals surface area (Å²) in [5.74, 6) is 0.804. The lowest BCUT2D eigenvalue weighted by atomic mass is 10.1. The molecule has 0 aromatic heterocycles. The maximum atomic E-state index is 11.8. The SMILES string of the molecule is COCc1cccc(CNC(=O)NCCSc2ccc(Cl)cc2)c1. The van der Waals surface area contributed by atoms with Gasteiger partial charge in [0.05, 0.1) is 6.61 Å². The van der Waals surface area contributed by atoms with Crippen LogP contribution >= 0.6 is 23.4 Å². The molecule has 0 unspecified atom stereocenters. The van der Waals surface area contributed by atoms with Gasteiger partial charge in [-0.2, -0.15) is 0 Å². The Morgan fingerprint density at radius 2 is 1.88 bits per heavy atom. The first kappa shape index (κ1) is 18.6. The molecule has 24 heavy (non-hydrogen) atoms. The summed E-state index contributed by atoms with van der Waals surface area (Å²) in [5, 5.41) is 6.44. The number of hydrogen-bond acceptors (Lipinski definition) is 3. The molecule has 0 heterocycles. The summed E-state index contributed by atoms with van der Waals surface area (Å²) in [4.78, 5) is 12.9. The lowest BCUT2D eigenvalue weighted by Gasteiger charge is -2.09. The van der Waals surface area contributed by atoms with Gasteiger partial charge in [-0.15, -0.1) is 11.8 Å². The molecule has 2 rings (SSSR count). The highest BCUT2D eigenvalue weighted by Crippen LogP contribution is 2.19. The molecule has 128 valence electrons. The van der Waals surface area contributed by atoms with E-state index in [-0.39, 0.29) is 6.03 Å². The van der Waals surface area contributed by atoms with Gasteiger partial charge in [0, 0.05) is 35.9 Å². The number of ether oxygens (including phenoxy) is 1. The number of urea groups is 1. The largest absolute Gasteiger partial charge is 0.380 e. The minimum Gasteiger partial charge on any atom is -0.380 e. The predicted molar refractivity (Wildman–Crippen MR) is 99.6 cm³/mol. The minimum absolute atomic E-state index is 0.163. The van der Waals surface area contributed by atoms with Gasteiger partial charge >= 0.3 is 6.03 Å². The molecular formula is C18H21ClN2O2S. The highest BCUT2D eigenvalue weighted by Gasteiger charge is 2.01. The Kier molecular flexibility index (Phi) is 7.95. The topological polar surface area (TPSA) is 50.4 Å². The van der Waals surface area contributed by atoms with E-state index in [1.54, 1.807) is 18.9 Å².